The van der Waals surface area contributed by atoms with Crippen LogP contribution in [0.2, 0.25) is 0 Å². The Hall–Kier alpha value is -0.380. The molecule has 0 aromatic rings. The van der Waals surface area contributed by atoms with Gasteiger partial charge in [0, 0.05) is 5.92 Å². The molecule has 0 aliphatic carbocycles. The Labute approximate surface area is 86.0 Å². The van der Waals surface area contributed by atoms with Crippen LogP contribution in [0, 0.1) is 5.92 Å². The highest BCUT2D eigenvalue weighted by Crippen LogP contribution is 2.21. The van der Waals surface area contributed by atoms with Crippen LogP contribution >= 0.6 is 0 Å². The van der Waals surface area contributed by atoms with Crippen molar-refractivity contribution in [1.29, 1.82) is 0 Å². The van der Waals surface area contributed by atoms with E-state index in [-0.39, 0.29) is 12.4 Å². The second-order valence-corrected chi connectivity index (χ2v) is 3.67. The third-order valence-electron chi connectivity index (χ3n) is 2.42. The standard InChI is InChI=1S/C11H20O3/c1-4-6-12-7-10-8-13-11(14-10)9(3)5-2/h4,9-11H,1,5-8H2,2-3H3. The van der Waals surface area contributed by atoms with Crippen molar-refractivity contribution in [3.05, 3.63) is 12.7 Å². The van der Waals surface area contributed by atoms with Crippen molar-refractivity contribution >= 4 is 0 Å². The van der Waals surface area contributed by atoms with Gasteiger partial charge in [0.15, 0.2) is 6.29 Å². The van der Waals surface area contributed by atoms with E-state index in [9.17, 15) is 0 Å². The van der Waals surface area contributed by atoms with E-state index < -0.39 is 0 Å². The van der Waals surface area contributed by atoms with Gasteiger partial charge in [-0.25, -0.2) is 0 Å². The molecular weight excluding hydrogens is 180 g/mol. The Balaban J connectivity index is 2.16. The van der Waals surface area contributed by atoms with Gasteiger partial charge in [-0.3, -0.25) is 0 Å². The zero-order valence-corrected chi connectivity index (χ0v) is 9.07. The van der Waals surface area contributed by atoms with E-state index in [0.29, 0.717) is 25.7 Å². The molecule has 0 saturated carbocycles. The van der Waals surface area contributed by atoms with Crippen LogP contribution in [0.1, 0.15) is 20.3 Å². The predicted octanol–water partition coefficient (Wildman–Crippen LogP) is 1.98. The molecule has 3 heteroatoms. The van der Waals surface area contributed by atoms with Crippen LogP contribution in [-0.4, -0.2) is 32.2 Å². The van der Waals surface area contributed by atoms with E-state index in [4.69, 9.17) is 14.2 Å². The maximum Gasteiger partial charge on any atom is 0.160 e. The molecule has 1 aliphatic rings. The van der Waals surface area contributed by atoms with Gasteiger partial charge < -0.3 is 14.2 Å². The van der Waals surface area contributed by atoms with E-state index in [1.807, 2.05) is 0 Å². The lowest BCUT2D eigenvalue weighted by atomic mass is 10.1. The maximum absolute atomic E-state index is 5.68. The zero-order chi connectivity index (χ0) is 10.4. The summed E-state index contributed by atoms with van der Waals surface area (Å²) >= 11 is 0. The van der Waals surface area contributed by atoms with Crippen LogP contribution in [0.3, 0.4) is 0 Å². The summed E-state index contributed by atoms with van der Waals surface area (Å²) in [6.45, 7) is 9.68. The average molecular weight is 200 g/mol. The Morgan fingerprint density at radius 3 is 3.07 bits per heavy atom. The molecule has 0 aromatic carbocycles. The number of hydrogen-bond donors (Lipinski definition) is 0. The van der Waals surface area contributed by atoms with Crippen LogP contribution in [0.4, 0.5) is 0 Å². The Kier molecular flexibility index (Phi) is 5.15. The summed E-state index contributed by atoms with van der Waals surface area (Å²) in [5.41, 5.74) is 0. The molecular formula is C11H20O3. The van der Waals surface area contributed by atoms with Gasteiger partial charge in [0.25, 0.3) is 0 Å². The van der Waals surface area contributed by atoms with Crippen molar-refractivity contribution in [2.24, 2.45) is 5.92 Å². The van der Waals surface area contributed by atoms with Gasteiger partial charge in [-0.15, -0.1) is 6.58 Å². The molecule has 1 rings (SSSR count). The third-order valence-corrected chi connectivity index (χ3v) is 2.42. The first-order chi connectivity index (χ1) is 6.77. The van der Waals surface area contributed by atoms with Crippen LogP contribution in [-0.2, 0) is 14.2 Å². The molecule has 0 bridgehead atoms. The normalized spacial score (nSPS) is 29.0. The van der Waals surface area contributed by atoms with Crippen molar-refractivity contribution in [3.63, 3.8) is 0 Å². The highest BCUT2D eigenvalue weighted by atomic mass is 16.7. The lowest BCUT2D eigenvalue weighted by Gasteiger charge is -2.16. The third kappa shape index (κ3) is 3.40. The molecule has 3 unspecified atom stereocenters. The SMILES string of the molecule is C=CCOCC1COC(C(C)CC)O1. The highest BCUT2D eigenvalue weighted by molar-refractivity contribution is 4.70. The number of rotatable bonds is 6. The van der Waals surface area contributed by atoms with E-state index >= 15 is 0 Å². The predicted molar refractivity (Wildman–Crippen MR) is 55.1 cm³/mol. The smallest absolute Gasteiger partial charge is 0.160 e. The van der Waals surface area contributed by atoms with Crippen LogP contribution in [0.5, 0.6) is 0 Å². The second-order valence-electron chi connectivity index (χ2n) is 3.67. The fourth-order valence-electron chi connectivity index (χ4n) is 1.33. The Morgan fingerprint density at radius 2 is 2.43 bits per heavy atom. The van der Waals surface area contributed by atoms with E-state index in [1.54, 1.807) is 6.08 Å². The van der Waals surface area contributed by atoms with Gasteiger partial charge in [0.05, 0.1) is 19.8 Å². The van der Waals surface area contributed by atoms with Crippen LogP contribution < -0.4 is 0 Å². The minimum absolute atomic E-state index is 0.0441. The molecule has 3 nitrogen and oxygen atoms in total. The summed E-state index contributed by atoms with van der Waals surface area (Å²) in [5.74, 6) is 0.458. The monoisotopic (exact) mass is 200 g/mol. The first-order valence-corrected chi connectivity index (χ1v) is 5.23. The average Bonchev–Trinajstić information content (AvgIpc) is 2.66. The van der Waals surface area contributed by atoms with E-state index in [1.165, 1.54) is 0 Å². The number of ether oxygens (including phenoxy) is 3. The fourth-order valence-corrected chi connectivity index (χ4v) is 1.33. The van der Waals surface area contributed by atoms with Gasteiger partial charge in [-0.1, -0.05) is 19.9 Å². The minimum Gasteiger partial charge on any atom is -0.375 e. The highest BCUT2D eigenvalue weighted by Gasteiger charge is 2.29. The van der Waals surface area contributed by atoms with Crippen molar-refractivity contribution in [2.45, 2.75) is 32.7 Å². The Morgan fingerprint density at radius 1 is 1.64 bits per heavy atom. The van der Waals surface area contributed by atoms with Crippen molar-refractivity contribution < 1.29 is 14.2 Å². The summed E-state index contributed by atoms with van der Waals surface area (Å²) in [7, 11) is 0. The molecule has 0 aromatic heterocycles. The summed E-state index contributed by atoms with van der Waals surface area (Å²) in [6, 6.07) is 0. The first kappa shape index (κ1) is 11.7. The van der Waals surface area contributed by atoms with Crippen LogP contribution in [0.25, 0.3) is 0 Å². The van der Waals surface area contributed by atoms with Crippen molar-refractivity contribution in [2.75, 3.05) is 19.8 Å². The summed E-state index contributed by atoms with van der Waals surface area (Å²) < 4.78 is 16.5. The van der Waals surface area contributed by atoms with Gasteiger partial charge in [-0.05, 0) is 6.42 Å². The number of hydrogen-bond acceptors (Lipinski definition) is 3. The van der Waals surface area contributed by atoms with Gasteiger partial charge >= 0.3 is 0 Å². The van der Waals surface area contributed by atoms with Gasteiger partial charge in [0.2, 0.25) is 0 Å². The summed E-state index contributed by atoms with van der Waals surface area (Å²) in [4.78, 5) is 0. The Bertz CT molecular complexity index is 170. The lowest BCUT2D eigenvalue weighted by molar-refractivity contribution is -0.101. The minimum atomic E-state index is -0.0441. The quantitative estimate of drug-likeness (QED) is 0.484. The molecule has 0 N–H and O–H groups in total. The molecule has 14 heavy (non-hydrogen) atoms. The van der Waals surface area contributed by atoms with Crippen LogP contribution in [0.15, 0.2) is 12.7 Å². The lowest BCUT2D eigenvalue weighted by Crippen LogP contribution is -2.22. The first-order valence-electron chi connectivity index (χ1n) is 5.23. The molecule has 1 aliphatic heterocycles. The van der Waals surface area contributed by atoms with Crippen molar-refractivity contribution in [1.82, 2.24) is 0 Å². The van der Waals surface area contributed by atoms with Gasteiger partial charge in [-0.2, -0.15) is 0 Å². The molecule has 1 saturated heterocycles. The molecule has 0 amide bonds. The summed E-state index contributed by atoms with van der Waals surface area (Å²) in [5, 5.41) is 0. The van der Waals surface area contributed by atoms with E-state index in [0.717, 1.165) is 6.42 Å². The molecule has 0 radical (unpaired) electrons. The largest absolute Gasteiger partial charge is 0.375 e. The molecule has 0 spiro atoms. The molecule has 1 heterocycles. The van der Waals surface area contributed by atoms with Crippen molar-refractivity contribution in [3.8, 4) is 0 Å². The van der Waals surface area contributed by atoms with E-state index in [2.05, 4.69) is 20.4 Å². The van der Waals surface area contributed by atoms with Gasteiger partial charge in [0.1, 0.15) is 6.10 Å². The fraction of sp³-hybridized carbons (Fsp3) is 0.818. The maximum atomic E-state index is 5.68. The second kappa shape index (κ2) is 6.17. The molecule has 3 atom stereocenters. The zero-order valence-electron chi connectivity index (χ0n) is 9.07. The topological polar surface area (TPSA) is 27.7 Å². The molecule has 1 fully saturated rings. The molecule has 82 valence electrons. The summed E-state index contributed by atoms with van der Waals surface area (Å²) in [6.07, 6.45) is 2.86.